The van der Waals surface area contributed by atoms with Crippen molar-refractivity contribution in [3.63, 3.8) is 0 Å². The molecule has 1 saturated heterocycles. The van der Waals surface area contributed by atoms with Gasteiger partial charge in [-0.15, -0.1) is 21.5 Å². The Balaban J connectivity index is 1.47. The number of methoxy groups -OCH3 is 1. The van der Waals surface area contributed by atoms with Crippen molar-refractivity contribution in [2.45, 2.75) is 51.5 Å². The number of fused-ring (bicyclic) bond motifs is 2. The molecule has 0 unspecified atom stereocenters. The van der Waals surface area contributed by atoms with Crippen molar-refractivity contribution in [2.75, 3.05) is 36.5 Å². The molecule has 2 aliphatic rings. The molecule has 1 fully saturated rings. The van der Waals surface area contributed by atoms with E-state index in [2.05, 4.69) is 28.5 Å². The lowest BCUT2D eigenvalue weighted by Gasteiger charge is -2.30. The fourth-order valence-corrected chi connectivity index (χ4v) is 5.65. The zero-order valence-corrected chi connectivity index (χ0v) is 20.1. The molecule has 2 aliphatic heterocycles. The van der Waals surface area contributed by atoms with Crippen LogP contribution in [0.15, 0.2) is 6.07 Å². The number of halogens is 3. The number of anilines is 2. The molecule has 1 N–H and O–H groups in total. The van der Waals surface area contributed by atoms with E-state index in [4.69, 9.17) is 14.7 Å². The van der Waals surface area contributed by atoms with Crippen LogP contribution in [0.25, 0.3) is 10.2 Å². The maximum atomic E-state index is 13.3. The number of hydrogen-bond donors (Lipinski definition) is 1. The maximum absolute atomic E-state index is 13.3. The second kappa shape index (κ2) is 9.13. The summed E-state index contributed by atoms with van der Waals surface area (Å²) < 4.78 is 45.7. The maximum Gasteiger partial charge on any atom is 0.451 e. The molecule has 3 aromatic heterocycles. The van der Waals surface area contributed by atoms with E-state index in [1.165, 1.54) is 12.0 Å². The highest BCUT2D eigenvalue weighted by molar-refractivity contribution is 7.18. The fraction of sp³-hybridized carbons (Fsp3) is 0.571. The lowest BCUT2D eigenvalue weighted by Crippen LogP contribution is -2.38. The van der Waals surface area contributed by atoms with E-state index in [9.17, 15) is 18.0 Å². The highest BCUT2D eigenvalue weighted by Crippen LogP contribution is 2.36. The van der Waals surface area contributed by atoms with Crippen LogP contribution in [0.4, 0.5) is 29.7 Å². The van der Waals surface area contributed by atoms with Gasteiger partial charge in [0.05, 0.1) is 25.1 Å². The van der Waals surface area contributed by atoms with Crippen molar-refractivity contribution in [3.05, 3.63) is 22.6 Å². The number of ether oxygens (including phenoxy) is 1. The van der Waals surface area contributed by atoms with Gasteiger partial charge in [0, 0.05) is 31.1 Å². The van der Waals surface area contributed by atoms with Crippen LogP contribution in [0.1, 0.15) is 36.3 Å². The van der Waals surface area contributed by atoms with E-state index in [0.29, 0.717) is 31.4 Å². The third-order valence-corrected chi connectivity index (χ3v) is 7.28. The first-order valence-electron chi connectivity index (χ1n) is 11.4. The zero-order chi connectivity index (χ0) is 24.7. The standard InChI is InChI=1S/C21H25F3N8O2S/c1-3-4-13-9-14-16(30-7-8-32-15(11-30)28-29-18(32)21(22,23)24)26-19(27-17(14)35-13)31-6-5-12(10-31)25-20(33)34-2/h9,12H,3-8,10-11H2,1-2H3,(H,25,33)/t12-/m0/s1. The topological polar surface area (TPSA) is 101 Å². The molecular weight excluding hydrogens is 485 g/mol. The van der Waals surface area contributed by atoms with Crippen molar-refractivity contribution < 1.29 is 22.7 Å². The van der Waals surface area contributed by atoms with E-state index >= 15 is 0 Å². The molecule has 0 bridgehead atoms. The number of alkyl carbamates (subject to hydrolysis) is 1. The van der Waals surface area contributed by atoms with Crippen LogP contribution < -0.4 is 15.1 Å². The van der Waals surface area contributed by atoms with E-state index in [-0.39, 0.29) is 25.0 Å². The smallest absolute Gasteiger partial charge is 0.451 e. The van der Waals surface area contributed by atoms with Gasteiger partial charge in [0.2, 0.25) is 11.8 Å². The zero-order valence-electron chi connectivity index (χ0n) is 19.3. The van der Waals surface area contributed by atoms with Gasteiger partial charge in [0.25, 0.3) is 0 Å². The summed E-state index contributed by atoms with van der Waals surface area (Å²) in [5.74, 6) is 0.498. The summed E-state index contributed by atoms with van der Waals surface area (Å²) in [7, 11) is 1.33. The molecule has 0 aromatic carbocycles. The first-order chi connectivity index (χ1) is 16.8. The molecule has 0 radical (unpaired) electrons. The second-order valence-electron chi connectivity index (χ2n) is 8.61. The number of nitrogens with one attached hydrogen (secondary N) is 1. The number of nitrogens with zero attached hydrogens (tertiary/aromatic N) is 7. The van der Waals surface area contributed by atoms with Crippen LogP contribution in [-0.2, 0) is 30.4 Å². The monoisotopic (exact) mass is 510 g/mol. The van der Waals surface area contributed by atoms with Crippen LogP contribution in [0.3, 0.4) is 0 Å². The number of carbonyl (C=O) groups excluding carboxylic acids is 1. The Morgan fingerprint density at radius 2 is 2.06 bits per heavy atom. The Kier molecular flexibility index (Phi) is 6.15. The lowest BCUT2D eigenvalue weighted by molar-refractivity contribution is -0.147. The van der Waals surface area contributed by atoms with Crippen molar-refractivity contribution >= 4 is 39.4 Å². The quantitative estimate of drug-likeness (QED) is 0.559. The largest absolute Gasteiger partial charge is 0.453 e. The SMILES string of the molecule is CCCc1cc2c(N3CCn4c(nnc4C(F)(F)F)C3)nc(N3CC[C@H](NC(=O)OC)C3)nc2s1. The van der Waals surface area contributed by atoms with E-state index in [1.54, 1.807) is 11.3 Å². The van der Waals surface area contributed by atoms with Gasteiger partial charge in [-0.3, -0.25) is 0 Å². The van der Waals surface area contributed by atoms with Gasteiger partial charge in [0.15, 0.2) is 5.82 Å². The Morgan fingerprint density at radius 1 is 1.23 bits per heavy atom. The molecule has 10 nitrogen and oxygen atoms in total. The van der Waals surface area contributed by atoms with Crippen molar-refractivity contribution in [3.8, 4) is 0 Å². The summed E-state index contributed by atoms with van der Waals surface area (Å²) in [5.41, 5.74) is 0. The second-order valence-corrected chi connectivity index (χ2v) is 9.72. The average molecular weight is 511 g/mol. The molecule has 0 spiro atoms. The predicted molar refractivity (Wildman–Crippen MR) is 124 cm³/mol. The number of alkyl halides is 3. The van der Waals surface area contributed by atoms with Crippen molar-refractivity contribution in [2.24, 2.45) is 0 Å². The van der Waals surface area contributed by atoms with Gasteiger partial charge in [-0.05, 0) is 18.9 Å². The van der Waals surface area contributed by atoms with Crippen LogP contribution >= 0.6 is 11.3 Å². The van der Waals surface area contributed by atoms with Gasteiger partial charge in [-0.1, -0.05) is 13.3 Å². The molecule has 0 saturated carbocycles. The normalized spacial score (nSPS) is 18.3. The number of aryl methyl sites for hydroxylation is 1. The minimum Gasteiger partial charge on any atom is -0.453 e. The summed E-state index contributed by atoms with van der Waals surface area (Å²) in [6.45, 7) is 3.92. The average Bonchev–Trinajstić information content (AvgIpc) is 3.55. The first-order valence-corrected chi connectivity index (χ1v) is 12.2. The molecule has 3 aromatic rings. The molecule has 0 aliphatic carbocycles. The molecule has 5 heterocycles. The third-order valence-electron chi connectivity index (χ3n) is 6.19. The Labute approximate surface area is 203 Å². The Morgan fingerprint density at radius 3 is 2.80 bits per heavy atom. The minimum absolute atomic E-state index is 0.0847. The third kappa shape index (κ3) is 4.58. The van der Waals surface area contributed by atoms with Gasteiger partial charge in [0.1, 0.15) is 10.6 Å². The summed E-state index contributed by atoms with van der Waals surface area (Å²) >= 11 is 1.61. The van der Waals surface area contributed by atoms with Crippen LogP contribution in [-0.4, -0.2) is 63.6 Å². The fourth-order valence-electron chi connectivity index (χ4n) is 4.53. The number of amides is 1. The van der Waals surface area contributed by atoms with Gasteiger partial charge in [-0.25, -0.2) is 9.78 Å². The van der Waals surface area contributed by atoms with Gasteiger partial charge in [-0.2, -0.15) is 18.2 Å². The molecule has 1 atom stereocenters. The summed E-state index contributed by atoms with van der Waals surface area (Å²) in [4.78, 5) is 27.3. The number of carbonyl (C=O) groups is 1. The molecule has 1 amide bonds. The Hall–Kier alpha value is -3.16. The summed E-state index contributed by atoms with van der Waals surface area (Å²) in [6.07, 6.45) is -2.40. The van der Waals surface area contributed by atoms with E-state index in [0.717, 1.165) is 34.0 Å². The van der Waals surface area contributed by atoms with Crippen LogP contribution in [0, 0.1) is 0 Å². The van der Waals surface area contributed by atoms with Gasteiger partial charge < -0.3 is 24.4 Å². The summed E-state index contributed by atoms with van der Waals surface area (Å²) in [5, 5.41) is 10.9. The Bertz CT molecular complexity index is 1240. The van der Waals surface area contributed by atoms with Crippen molar-refractivity contribution in [1.29, 1.82) is 0 Å². The van der Waals surface area contributed by atoms with Gasteiger partial charge >= 0.3 is 12.3 Å². The summed E-state index contributed by atoms with van der Waals surface area (Å²) in [6, 6.07) is 1.99. The van der Waals surface area contributed by atoms with Crippen LogP contribution in [0.5, 0.6) is 0 Å². The molecule has 5 rings (SSSR count). The number of hydrogen-bond acceptors (Lipinski definition) is 9. The van der Waals surface area contributed by atoms with E-state index in [1.807, 2.05) is 9.80 Å². The lowest BCUT2D eigenvalue weighted by atomic mass is 10.2. The number of rotatable bonds is 5. The predicted octanol–water partition coefficient (Wildman–Crippen LogP) is 3.21. The van der Waals surface area contributed by atoms with Crippen molar-refractivity contribution in [1.82, 2.24) is 30.0 Å². The number of aromatic nitrogens is 5. The molecular formula is C21H25F3N8O2S. The van der Waals surface area contributed by atoms with Crippen LogP contribution in [0.2, 0.25) is 0 Å². The van der Waals surface area contributed by atoms with E-state index < -0.39 is 18.1 Å². The molecule has 188 valence electrons. The number of thiophene rings is 1. The highest BCUT2D eigenvalue weighted by atomic mass is 32.1. The first kappa shape index (κ1) is 23.6. The minimum atomic E-state index is -4.55. The molecule has 35 heavy (non-hydrogen) atoms. The highest BCUT2D eigenvalue weighted by Gasteiger charge is 2.40. The molecule has 14 heteroatoms.